The maximum absolute atomic E-state index is 12.1. The van der Waals surface area contributed by atoms with Gasteiger partial charge >= 0.3 is 0 Å². The molecular formula is C14H11ClO2S. The molecule has 4 heteroatoms. The summed E-state index contributed by atoms with van der Waals surface area (Å²) in [4.78, 5) is 0.123. The Labute approximate surface area is 113 Å². The Kier molecular flexibility index (Phi) is 3.44. The number of rotatable bonds is 3. The number of hydrogen-bond donors (Lipinski definition) is 0. The molecule has 18 heavy (non-hydrogen) atoms. The highest BCUT2D eigenvalue weighted by Gasteiger charge is 2.09. The standard InChI is InChI=1S/C14H11ClO2S/c15-13-6-8-14(9-7-13)18(16,17)11-10-12-4-2-1-3-5-12/h1-11H/b11-10+/i10D. The van der Waals surface area contributed by atoms with Crippen LogP contribution in [0.2, 0.25) is 5.02 Å². The number of sulfone groups is 1. The molecule has 0 spiro atoms. The summed E-state index contributed by atoms with van der Waals surface area (Å²) in [5.74, 6) is 0. The fourth-order valence-electron chi connectivity index (χ4n) is 1.37. The van der Waals surface area contributed by atoms with E-state index in [1.165, 1.54) is 24.3 Å². The average Bonchev–Trinajstić information content (AvgIpc) is 2.40. The lowest BCUT2D eigenvalue weighted by molar-refractivity contribution is 0.605. The van der Waals surface area contributed by atoms with Gasteiger partial charge in [0.1, 0.15) is 0 Å². The van der Waals surface area contributed by atoms with Gasteiger partial charge in [0.05, 0.1) is 6.27 Å². The van der Waals surface area contributed by atoms with Crippen LogP contribution in [0.15, 0.2) is 64.9 Å². The van der Waals surface area contributed by atoms with Crippen LogP contribution < -0.4 is 0 Å². The van der Waals surface area contributed by atoms with E-state index >= 15 is 0 Å². The van der Waals surface area contributed by atoms with Crippen LogP contribution in [-0.2, 0) is 9.84 Å². The lowest BCUT2D eigenvalue weighted by Gasteiger charge is -1.99. The summed E-state index contributed by atoms with van der Waals surface area (Å²) >= 11 is 5.72. The molecule has 0 saturated heterocycles. The Morgan fingerprint density at radius 3 is 2.22 bits per heavy atom. The lowest BCUT2D eigenvalue weighted by Crippen LogP contribution is -1.95. The largest absolute Gasteiger partial charge is 0.219 e. The molecule has 0 bridgehead atoms. The van der Waals surface area contributed by atoms with Crippen molar-refractivity contribution in [3.05, 3.63) is 70.6 Å². The van der Waals surface area contributed by atoms with Crippen molar-refractivity contribution in [2.24, 2.45) is 0 Å². The van der Waals surface area contributed by atoms with Gasteiger partial charge in [-0.15, -0.1) is 0 Å². The first-order valence-corrected chi connectivity index (χ1v) is 7.16. The second-order valence-corrected chi connectivity index (χ2v) is 5.86. The normalized spacial score (nSPS) is 13.2. The predicted octanol–water partition coefficient (Wildman–Crippen LogP) is 3.78. The van der Waals surface area contributed by atoms with Crippen molar-refractivity contribution in [2.75, 3.05) is 0 Å². The number of halogens is 1. The van der Waals surface area contributed by atoms with E-state index in [-0.39, 0.29) is 10.9 Å². The van der Waals surface area contributed by atoms with Gasteiger partial charge in [0.25, 0.3) is 0 Å². The molecule has 0 unspecified atom stereocenters. The van der Waals surface area contributed by atoms with Crippen LogP contribution in [0.5, 0.6) is 0 Å². The fraction of sp³-hybridized carbons (Fsp3) is 0. The second-order valence-electron chi connectivity index (χ2n) is 3.63. The quantitative estimate of drug-likeness (QED) is 0.857. The van der Waals surface area contributed by atoms with Gasteiger partial charge in [0, 0.05) is 10.4 Å². The minimum absolute atomic E-state index is 0.0458. The maximum atomic E-state index is 12.1. The first-order chi connectivity index (χ1) is 8.99. The van der Waals surface area contributed by atoms with Gasteiger partial charge in [-0.2, -0.15) is 0 Å². The first kappa shape index (κ1) is 11.5. The van der Waals surface area contributed by atoms with Crippen LogP contribution in [-0.4, -0.2) is 8.42 Å². The van der Waals surface area contributed by atoms with Crippen molar-refractivity contribution in [1.82, 2.24) is 0 Å². The molecule has 92 valence electrons. The smallest absolute Gasteiger partial charge is 0.199 e. The summed E-state index contributed by atoms with van der Waals surface area (Å²) < 4.78 is 32.0. The third-order valence-corrected chi connectivity index (χ3v) is 3.91. The highest BCUT2D eigenvalue weighted by Crippen LogP contribution is 2.17. The van der Waals surface area contributed by atoms with Gasteiger partial charge in [0.2, 0.25) is 0 Å². The summed E-state index contributed by atoms with van der Waals surface area (Å²) in [7, 11) is -3.63. The van der Waals surface area contributed by atoms with Crippen molar-refractivity contribution in [3.63, 3.8) is 0 Å². The minimum atomic E-state index is -3.63. The van der Waals surface area contributed by atoms with Crippen molar-refractivity contribution < 1.29 is 9.79 Å². The third-order valence-electron chi connectivity index (χ3n) is 2.30. The summed E-state index contributed by atoms with van der Waals surface area (Å²) in [5.41, 5.74) is 0.556. The minimum Gasteiger partial charge on any atom is -0.219 e. The molecule has 2 rings (SSSR count). The molecular weight excluding hydrogens is 268 g/mol. The molecule has 0 aliphatic rings. The van der Waals surface area contributed by atoms with Crippen LogP contribution >= 0.6 is 11.6 Å². The number of hydrogen-bond acceptors (Lipinski definition) is 2. The maximum Gasteiger partial charge on any atom is 0.199 e. The Hall–Kier alpha value is -1.58. The SMILES string of the molecule is [2H]/C(=C\S(=O)(=O)c1ccc(Cl)cc1)c1ccccc1. The van der Waals surface area contributed by atoms with E-state index in [1.54, 1.807) is 24.3 Å². The Balaban J connectivity index is 2.39. The summed E-state index contributed by atoms with van der Waals surface area (Å²) in [6.45, 7) is 0. The van der Waals surface area contributed by atoms with Crippen molar-refractivity contribution in [1.29, 1.82) is 0 Å². The Morgan fingerprint density at radius 1 is 1.00 bits per heavy atom. The number of benzene rings is 2. The predicted molar refractivity (Wildman–Crippen MR) is 74.1 cm³/mol. The Morgan fingerprint density at radius 2 is 1.61 bits per heavy atom. The monoisotopic (exact) mass is 279 g/mol. The average molecular weight is 280 g/mol. The van der Waals surface area contributed by atoms with Crippen LogP contribution in [0.4, 0.5) is 0 Å². The van der Waals surface area contributed by atoms with Crippen LogP contribution in [0.3, 0.4) is 0 Å². The van der Waals surface area contributed by atoms with Gasteiger partial charge in [-0.1, -0.05) is 41.9 Å². The molecule has 0 saturated carbocycles. The molecule has 0 N–H and O–H groups in total. The summed E-state index contributed by atoms with van der Waals surface area (Å²) in [5, 5.41) is 1.42. The summed E-state index contributed by atoms with van der Waals surface area (Å²) in [6.07, 6.45) is 0. The highest BCUT2D eigenvalue weighted by molar-refractivity contribution is 7.94. The molecule has 0 aromatic heterocycles. The van der Waals surface area contributed by atoms with Gasteiger partial charge in [0.15, 0.2) is 9.84 Å². The van der Waals surface area contributed by atoms with E-state index in [4.69, 9.17) is 13.0 Å². The first-order valence-electron chi connectivity index (χ1n) is 5.73. The molecule has 0 aliphatic carbocycles. The van der Waals surface area contributed by atoms with Crippen molar-refractivity contribution in [3.8, 4) is 0 Å². The Bertz CT molecular complexity index is 692. The molecule has 2 aromatic rings. The zero-order chi connectivity index (χ0) is 13.9. The van der Waals surface area contributed by atoms with Crippen LogP contribution in [0, 0.1) is 0 Å². The van der Waals surface area contributed by atoms with Crippen LogP contribution in [0.1, 0.15) is 6.93 Å². The van der Waals surface area contributed by atoms with Crippen molar-refractivity contribution >= 4 is 27.5 Å². The fourth-order valence-corrected chi connectivity index (χ4v) is 2.44. The third kappa shape index (κ3) is 3.22. The molecule has 0 fully saturated rings. The molecule has 2 aromatic carbocycles. The van der Waals surface area contributed by atoms with Gasteiger partial charge in [-0.25, -0.2) is 8.42 Å². The molecule has 0 heterocycles. The molecule has 0 amide bonds. The topological polar surface area (TPSA) is 34.1 Å². The highest BCUT2D eigenvalue weighted by atomic mass is 35.5. The van der Waals surface area contributed by atoms with Crippen LogP contribution in [0.25, 0.3) is 6.05 Å². The van der Waals surface area contributed by atoms with E-state index in [9.17, 15) is 8.42 Å². The summed E-state index contributed by atoms with van der Waals surface area (Å²) in [6, 6.07) is 14.5. The van der Waals surface area contributed by atoms with Gasteiger partial charge in [-0.3, -0.25) is 0 Å². The second kappa shape index (κ2) is 5.38. The molecule has 0 radical (unpaired) electrons. The van der Waals surface area contributed by atoms with Gasteiger partial charge in [-0.05, 0) is 35.9 Å². The molecule has 0 aliphatic heterocycles. The zero-order valence-corrected chi connectivity index (χ0v) is 10.9. The van der Waals surface area contributed by atoms with E-state index in [0.29, 0.717) is 10.6 Å². The van der Waals surface area contributed by atoms with E-state index < -0.39 is 9.84 Å². The van der Waals surface area contributed by atoms with Gasteiger partial charge < -0.3 is 0 Å². The van der Waals surface area contributed by atoms with E-state index in [0.717, 1.165) is 5.41 Å². The zero-order valence-electron chi connectivity index (χ0n) is 10.4. The molecule has 0 atom stereocenters. The van der Waals surface area contributed by atoms with Crippen molar-refractivity contribution in [2.45, 2.75) is 4.90 Å². The van der Waals surface area contributed by atoms with E-state index in [1.807, 2.05) is 6.07 Å². The lowest BCUT2D eigenvalue weighted by atomic mass is 10.2. The van der Waals surface area contributed by atoms with E-state index in [2.05, 4.69) is 0 Å². The molecule has 2 nitrogen and oxygen atoms in total.